The molecule has 0 atom stereocenters. The Morgan fingerprint density at radius 3 is 2.33 bits per heavy atom. The SMILES string of the molecule is CN1CCN(C2CN(CC3CCNCC3)C2)CC1. The first-order valence-corrected chi connectivity index (χ1v) is 7.67. The average Bonchev–Trinajstić information content (AvgIpc) is 2.36. The lowest BCUT2D eigenvalue weighted by atomic mass is 9.95. The van der Waals surface area contributed by atoms with E-state index in [2.05, 4.69) is 27.1 Å². The number of likely N-dealkylation sites (N-methyl/N-ethyl adjacent to an activating group) is 1. The number of likely N-dealkylation sites (tertiary alicyclic amines) is 1. The van der Waals surface area contributed by atoms with Gasteiger partial charge in [-0.1, -0.05) is 0 Å². The van der Waals surface area contributed by atoms with Crippen LogP contribution in [0.2, 0.25) is 0 Å². The molecule has 0 aromatic heterocycles. The summed E-state index contributed by atoms with van der Waals surface area (Å²) in [5.74, 6) is 0.958. The number of hydrogen-bond donors (Lipinski definition) is 1. The third-order valence-electron chi connectivity index (χ3n) is 4.97. The Labute approximate surface area is 111 Å². The quantitative estimate of drug-likeness (QED) is 0.758. The summed E-state index contributed by atoms with van der Waals surface area (Å²) in [6.45, 7) is 11.5. The van der Waals surface area contributed by atoms with Crippen LogP contribution >= 0.6 is 0 Å². The smallest absolute Gasteiger partial charge is 0.0351 e. The number of nitrogens with zero attached hydrogens (tertiary/aromatic N) is 3. The van der Waals surface area contributed by atoms with E-state index in [0.717, 1.165) is 12.0 Å². The van der Waals surface area contributed by atoms with Crippen molar-refractivity contribution in [3.63, 3.8) is 0 Å². The molecule has 3 saturated heterocycles. The summed E-state index contributed by atoms with van der Waals surface area (Å²) in [6, 6.07) is 0.861. The van der Waals surface area contributed by atoms with Gasteiger partial charge in [0.05, 0.1) is 0 Å². The highest BCUT2D eigenvalue weighted by Gasteiger charge is 2.33. The molecule has 0 radical (unpaired) electrons. The van der Waals surface area contributed by atoms with Gasteiger partial charge in [-0.3, -0.25) is 9.80 Å². The largest absolute Gasteiger partial charge is 0.317 e. The molecule has 0 aromatic carbocycles. The van der Waals surface area contributed by atoms with Gasteiger partial charge in [0.25, 0.3) is 0 Å². The van der Waals surface area contributed by atoms with Gasteiger partial charge in [0, 0.05) is 51.9 Å². The highest BCUT2D eigenvalue weighted by Crippen LogP contribution is 2.21. The molecule has 3 fully saturated rings. The van der Waals surface area contributed by atoms with Crippen molar-refractivity contribution in [2.45, 2.75) is 18.9 Å². The van der Waals surface area contributed by atoms with E-state index in [9.17, 15) is 0 Å². The maximum Gasteiger partial charge on any atom is 0.0351 e. The molecule has 18 heavy (non-hydrogen) atoms. The van der Waals surface area contributed by atoms with Gasteiger partial charge in [0.1, 0.15) is 0 Å². The molecule has 4 heteroatoms. The minimum atomic E-state index is 0.861. The predicted molar refractivity (Wildman–Crippen MR) is 74.9 cm³/mol. The van der Waals surface area contributed by atoms with Gasteiger partial charge in [0.2, 0.25) is 0 Å². The van der Waals surface area contributed by atoms with Gasteiger partial charge < -0.3 is 10.2 Å². The molecule has 3 aliphatic heterocycles. The van der Waals surface area contributed by atoms with Crippen LogP contribution in [0.25, 0.3) is 0 Å². The summed E-state index contributed by atoms with van der Waals surface area (Å²) < 4.78 is 0. The van der Waals surface area contributed by atoms with Crippen molar-refractivity contribution in [3.05, 3.63) is 0 Å². The van der Waals surface area contributed by atoms with Crippen LogP contribution < -0.4 is 5.32 Å². The van der Waals surface area contributed by atoms with Crippen LogP contribution in [0.3, 0.4) is 0 Å². The number of piperazine rings is 1. The van der Waals surface area contributed by atoms with Gasteiger partial charge >= 0.3 is 0 Å². The number of rotatable bonds is 3. The van der Waals surface area contributed by atoms with Crippen LogP contribution in [0.4, 0.5) is 0 Å². The summed E-state index contributed by atoms with van der Waals surface area (Å²) in [4.78, 5) is 7.83. The number of hydrogen-bond acceptors (Lipinski definition) is 4. The van der Waals surface area contributed by atoms with Crippen molar-refractivity contribution in [2.24, 2.45) is 5.92 Å². The van der Waals surface area contributed by atoms with E-state index in [-0.39, 0.29) is 0 Å². The molecule has 0 saturated carbocycles. The van der Waals surface area contributed by atoms with E-state index >= 15 is 0 Å². The van der Waals surface area contributed by atoms with Crippen molar-refractivity contribution >= 4 is 0 Å². The van der Waals surface area contributed by atoms with Gasteiger partial charge in [-0.15, -0.1) is 0 Å². The minimum absolute atomic E-state index is 0.861. The topological polar surface area (TPSA) is 21.8 Å². The molecule has 0 amide bonds. The fourth-order valence-corrected chi connectivity index (χ4v) is 3.54. The second kappa shape index (κ2) is 5.87. The Balaban J connectivity index is 1.35. The van der Waals surface area contributed by atoms with Crippen LogP contribution in [0.5, 0.6) is 0 Å². The summed E-state index contributed by atoms with van der Waals surface area (Å²) >= 11 is 0. The lowest BCUT2D eigenvalue weighted by Gasteiger charge is -2.49. The Morgan fingerprint density at radius 2 is 1.67 bits per heavy atom. The molecule has 0 aliphatic carbocycles. The van der Waals surface area contributed by atoms with Crippen molar-refractivity contribution in [2.75, 3.05) is 66.0 Å². The molecule has 4 nitrogen and oxygen atoms in total. The van der Waals surface area contributed by atoms with E-state index in [0.29, 0.717) is 0 Å². The van der Waals surface area contributed by atoms with Crippen LogP contribution in [0.1, 0.15) is 12.8 Å². The lowest BCUT2D eigenvalue weighted by molar-refractivity contribution is 0.000139. The molecule has 3 heterocycles. The fourth-order valence-electron chi connectivity index (χ4n) is 3.54. The van der Waals surface area contributed by atoms with E-state index in [4.69, 9.17) is 0 Å². The maximum atomic E-state index is 3.46. The maximum absolute atomic E-state index is 3.46. The highest BCUT2D eigenvalue weighted by molar-refractivity contribution is 4.91. The summed E-state index contributed by atoms with van der Waals surface area (Å²) in [6.07, 6.45) is 2.77. The normalized spacial score (nSPS) is 30.5. The molecule has 0 spiro atoms. The predicted octanol–water partition coefficient (Wildman–Crippen LogP) is -0.0824. The molecule has 0 bridgehead atoms. The number of piperidine rings is 1. The zero-order valence-corrected chi connectivity index (χ0v) is 11.8. The minimum Gasteiger partial charge on any atom is -0.317 e. The summed E-state index contributed by atoms with van der Waals surface area (Å²) in [5.41, 5.74) is 0. The Bertz CT molecular complexity index is 251. The fraction of sp³-hybridized carbons (Fsp3) is 1.00. The zero-order chi connectivity index (χ0) is 12.4. The monoisotopic (exact) mass is 252 g/mol. The van der Waals surface area contributed by atoms with E-state index < -0.39 is 0 Å². The Morgan fingerprint density at radius 1 is 1.00 bits per heavy atom. The van der Waals surface area contributed by atoms with Crippen LogP contribution in [0, 0.1) is 5.92 Å². The molecular weight excluding hydrogens is 224 g/mol. The molecule has 0 aromatic rings. The molecule has 3 rings (SSSR count). The van der Waals surface area contributed by atoms with Crippen molar-refractivity contribution in [1.82, 2.24) is 20.0 Å². The third-order valence-corrected chi connectivity index (χ3v) is 4.97. The van der Waals surface area contributed by atoms with E-state index in [1.54, 1.807) is 0 Å². The Kier molecular flexibility index (Phi) is 4.19. The van der Waals surface area contributed by atoms with E-state index in [1.165, 1.54) is 71.7 Å². The summed E-state index contributed by atoms with van der Waals surface area (Å²) in [7, 11) is 2.24. The summed E-state index contributed by atoms with van der Waals surface area (Å²) in [5, 5.41) is 3.46. The van der Waals surface area contributed by atoms with Gasteiger partial charge in [-0.2, -0.15) is 0 Å². The molecule has 0 unspecified atom stereocenters. The van der Waals surface area contributed by atoms with Crippen molar-refractivity contribution < 1.29 is 0 Å². The average molecular weight is 252 g/mol. The molecule has 104 valence electrons. The van der Waals surface area contributed by atoms with Crippen LogP contribution in [-0.4, -0.2) is 86.7 Å². The second-order valence-electron chi connectivity index (χ2n) is 6.40. The third kappa shape index (κ3) is 3.05. The lowest BCUT2D eigenvalue weighted by Crippen LogP contribution is -2.63. The van der Waals surface area contributed by atoms with Crippen LogP contribution in [-0.2, 0) is 0 Å². The van der Waals surface area contributed by atoms with Crippen molar-refractivity contribution in [1.29, 1.82) is 0 Å². The first-order chi connectivity index (χ1) is 8.81. The highest BCUT2D eigenvalue weighted by atomic mass is 15.3. The first-order valence-electron chi connectivity index (χ1n) is 7.67. The second-order valence-corrected chi connectivity index (χ2v) is 6.40. The molecule has 3 aliphatic rings. The molecular formula is C14H28N4. The first kappa shape index (κ1) is 12.9. The van der Waals surface area contributed by atoms with Crippen molar-refractivity contribution in [3.8, 4) is 0 Å². The number of nitrogens with one attached hydrogen (secondary N) is 1. The van der Waals surface area contributed by atoms with Gasteiger partial charge in [-0.25, -0.2) is 0 Å². The standard InChI is InChI=1S/C14H28N4/c1-16-6-8-18(9-7-16)14-11-17(12-14)10-13-2-4-15-5-3-13/h13-15H,2-12H2,1H3. The van der Waals surface area contributed by atoms with Crippen LogP contribution in [0.15, 0.2) is 0 Å². The van der Waals surface area contributed by atoms with Gasteiger partial charge in [0.15, 0.2) is 0 Å². The van der Waals surface area contributed by atoms with E-state index in [1.807, 2.05) is 0 Å². The Hall–Kier alpha value is -0.160. The van der Waals surface area contributed by atoms with Gasteiger partial charge in [-0.05, 0) is 38.9 Å². The molecule has 1 N–H and O–H groups in total. The zero-order valence-electron chi connectivity index (χ0n) is 11.8.